The number of carbonyl (C=O) groups is 1. The van der Waals surface area contributed by atoms with E-state index in [0.717, 1.165) is 24.5 Å². The molecule has 1 atom stereocenters. The fraction of sp³-hybridized carbons (Fsp3) is 0.300. The van der Waals surface area contributed by atoms with Crippen molar-refractivity contribution in [3.63, 3.8) is 0 Å². The number of hydrogen-bond donors (Lipinski definition) is 1. The molecule has 200 valence electrons. The molecule has 0 radical (unpaired) electrons. The van der Waals surface area contributed by atoms with Crippen LogP contribution >= 0.6 is 0 Å². The van der Waals surface area contributed by atoms with Crippen LogP contribution in [0.5, 0.6) is 5.75 Å². The van der Waals surface area contributed by atoms with E-state index in [4.69, 9.17) is 4.74 Å². The largest absolute Gasteiger partial charge is 0.496 e. The van der Waals surface area contributed by atoms with Crippen LogP contribution in [0.25, 0.3) is 23.3 Å². The summed E-state index contributed by atoms with van der Waals surface area (Å²) in [6.45, 7) is -0.273. The van der Waals surface area contributed by atoms with Gasteiger partial charge in [0.05, 0.1) is 12.7 Å². The highest BCUT2D eigenvalue weighted by molar-refractivity contribution is 5.79. The number of aliphatic carboxylic acids is 1. The zero-order chi connectivity index (χ0) is 27.3. The highest BCUT2D eigenvalue weighted by Gasteiger charge is 2.35. The van der Waals surface area contributed by atoms with E-state index in [9.17, 15) is 27.5 Å². The van der Waals surface area contributed by atoms with Crippen molar-refractivity contribution in [2.45, 2.75) is 44.7 Å². The van der Waals surface area contributed by atoms with Gasteiger partial charge in [0.15, 0.2) is 0 Å². The molecule has 4 rings (SSSR count). The molecule has 4 nitrogen and oxygen atoms in total. The van der Waals surface area contributed by atoms with Crippen molar-refractivity contribution in [3.05, 3.63) is 88.5 Å². The van der Waals surface area contributed by atoms with Gasteiger partial charge in [-0.3, -0.25) is 9.69 Å². The molecular formula is C30H29F4NO3. The number of piperidine rings is 1. The van der Waals surface area contributed by atoms with Crippen molar-refractivity contribution in [2.75, 3.05) is 13.7 Å². The molecule has 0 aromatic heterocycles. The molecule has 1 N–H and O–H groups in total. The summed E-state index contributed by atoms with van der Waals surface area (Å²) in [7, 11) is 1.37. The van der Waals surface area contributed by atoms with Crippen LogP contribution in [0.1, 0.15) is 47.1 Å². The number of nitrogens with zero attached hydrogens (tertiary/aromatic N) is 1. The lowest BCUT2D eigenvalue weighted by Gasteiger charge is -2.33. The summed E-state index contributed by atoms with van der Waals surface area (Å²) in [6, 6.07) is 16.0. The molecule has 1 aliphatic heterocycles. The van der Waals surface area contributed by atoms with Gasteiger partial charge >= 0.3 is 12.1 Å². The third kappa shape index (κ3) is 6.07. The number of likely N-dealkylation sites (tertiary alicyclic amines) is 1. The van der Waals surface area contributed by atoms with Crippen LogP contribution in [0.3, 0.4) is 0 Å². The Labute approximate surface area is 219 Å². The third-order valence-electron chi connectivity index (χ3n) is 6.90. The zero-order valence-corrected chi connectivity index (χ0v) is 21.0. The van der Waals surface area contributed by atoms with Crippen molar-refractivity contribution in [1.29, 1.82) is 0 Å². The zero-order valence-electron chi connectivity index (χ0n) is 21.0. The van der Waals surface area contributed by atoms with Gasteiger partial charge in [0, 0.05) is 12.1 Å². The fourth-order valence-corrected chi connectivity index (χ4v) is 4.99. The Hall–Kier alpha value is -3.65. The van der Waals surface area contributed by atoms with Crippen molar-refractivity contribution in [2.24, 2.45) is 0 Å². The maximum absolute atomic E-state index is 14.2. The fourth-order valence-electron chi connectivity index (χ4n) is 4.99. The molecule has 0 spiro atoms. The SMILES string of the molecule is COc1cc(C=Cc2cccc(-c3ccccc3)c2CF)c(C(F)(F)F)cc1CN1CCCCC1C(=O)O. The Morgan fingerprint density at radius 2 is 1.79 bits per heavy atom. The first-order valence-electron chi connectivity index (χ1n) is 12.4. The number of hydrogen-bond acceptors (Lipinski definition) is 3. The van der Waals surface area contributed by atoms with E-state index in [1.54, 1.807) is 23.1 Å². The average Bonchev–Trinajstić information content (AvgIpc) is 2.91. The smallest absolute Gasteiger partial charge is 0.417 e. The van der Waals surface area contributed by atoms with Crippen molar-refractivity contribution in [1.82, 2.24) is 4.90 Å². The summed E-state index contributed by atoms with van der Waals surface area (Å²) >= 11 is 0. The van der Waals surface area contributed by atoms with Gasteiger partial charge < -0.3 is 9.84 Å². The van der Waals surface area contributed by atoms with Gasteiger partial charge in [0.2, 0.25) is 0 Å². The van der Waals surface area contributed by atoms with E-state index in [2.05, 4.69) is 0 Å². The number of rotatable bonds is 8. The molecule has 1 saturated heterocycles. The van der Waals surface area contributed by atoms with Gasteiger partial charge in [-0.05, 0) is 59.3 Å². The molecule has 3 aromatic carbocycles. The minimum Gasteiger partial charge on any atom is -0.496 e. The van der Waals surface area contributed by atoms with Gasteiger partial charge in [0.25, 0.3) is 0 Å². The molecule has 1 aliphatic rings. The molecule has 0 bridgehead atoms. The molecule has 3 aromatic rings. The predicted molar refractivity (Wildman–Crippen MR) is 139 cm³/mol. The number of halogens is 4. The quantitative estimate of drug-likeness (QED) is 0.244. The first-order valence-corrected chi connectivity index (χ1v) is 12.4. The Bertz CT molecular complexity index is 1300. The van der Waals surface area contributed by atoms with Gasteiger partial charge in [-0.15, -0.1) is 0 Å². The summed E-state index contributed by atoms with van der Waals surface area (Å²) in [6.07, 6.45) is 0.120. The van der Waals surface area contributed by atoms with E-state index in [-0.39, 0.29) is 23.4 Å². The van der Waals surface area contributed by atoms with Crippen LogP contribution in [0.15, 0.2) is 60.7 Å². The van der Waals surface area contributed by atoms with E-state index in [0.29, 0.717) is 29.7 Å². The van der Waals surface area contributed by atoms with Crippen LogP contribution in [-0.2, 0) is 24.2 Å². The lowest BCUT2D eigenvalue weighted by Crippen LogP contribution is -2.44. The van der Waals surface area contributed by atoms with Crippen LogP contribution < -0.4 is 4.74 Å². The van der Waals surface area contributed by atoms with Crippen molar-refractivity contribution < 1.29 is 32.2 Å². The van der Waals surface area contributed by atoms with E-state index in [1.807, 2.05) is 30.3 Å². The lowest BCUT2D eigenvalue weighted by molar-refractivity contribution is -0.145. The molecule has 0 aliphatic carbocycles. The Balaban J connectivity index is 1.73. The minimum atomic E-state index is -4.66. The highest BCUT2D eigenvalue weighted by Crippen LogP contribution is 2.38. The van der Waals surface area contributed by atoms with Crippen LogP contribution in [0, 0.1) is 0 Å². The maximum Gasteiger partial charge on any atom is 0.417 e. The second kappa shape index (κ2) is 11.8. The summed E-state index contributed by atoms with van der Waals surface area (Å²) in [5.74, 6) is -0.753. The van der Waals surface area contributed by atoms with Gasteiger partial charge in [-0.25, -0.2) is 4.39 Å². The van der Waals surface area contributed by atoms with Crippen molar-refractivity contribution >= 4 is 18.1 Å². The molecule has 1 fully saturated rings. The molecule has 0 amide bonds. The second-order valence-corrected chi connectivity index (χ2v) is 9.28. The summed E-state index contributed by atoms with van der Waals surface area (Å²) < 4.78 is 62.0. The van der Waals surface area contributed by atoms with Gasteiger partial charge in [-0.1, -0.05) is 67.1 Å². The predicted octanol–water partition coefficient (Wildman–Crippen LogP) is 7.46. The molecule has 1 heterocycles. The molecule has 0 saturated carbocycles. The molecule has 38 heavy (non-hydrogen) atoms. The number of carboxylic acids is 1. The van der Waals surface area contributed by atoms with Crippen LogP contribution in [0.4, 0.5) is 17.6 Å². The number of alkyl halides is 4. The first kappa shape index (κ1) is 27.4. The average molecular weight is 528 g/mol. The van der Waals surface area contributed by atoms with Gasteiger partial charge in [0.1, 0.15) is 18.5 Å². The topological polar surface area (TPSA) is 49.8 Å². The van der Waals surface area contributed by atoms with E-state index >= 15 is 0 Å². The van der Waals surface area contributed by atoms with Crippen LogP contribution in [-0.4, -0.2) is 35.7 Å². The minimum absolute atomic E-state index is 0.0261. The van der Waals surface area contributed by atoms with E-state index < -0.39 is 30.4 Å². The van der Waals surface area contributed by atoms with E-state index in [1.165, 1.54) is 25.3 Å². The van der Waals surface area contributed by atoms with Crippen LogP contribution in [0.2, 0.25) is 0 Å². The number of methoxy groups -OCH3 is 1. The Kier molecular flexibility index (Phi) is 8.52. The first-order chi connectivity index (χ1) is 18.2. The Morgan fingerprint density at radius 3 is 2.45 bits per heavy atom. The standard InChI is InChI=1S/C30H29F4NO3/c1-38-28-17-22(14-13-21-10-7-11-24(25(21)18-31)20-8-3-2-4-9-20)26(30(32,33)34)16-23(28)19-35-15-6-5-12-27(35)29(36)37/h2-4,7-11,13-14,16-17,27H,5-6,12,15,18-19H2,1H3,(H,36,37). The monoisotopic (exact) mass is 527 g/mol. The Morgan fingerprint density at radius 1 is 1.05 bits per heavy atom. The molecule has 8 heteroatoms. The maximum atomic E-state index is 14.2. The molecule has 1 unspecified atom stereocenters. The highest BCUT2D eigenvalue weighted by atomic mass is 19.4. The second-order valence-electron chi connectivity index (χ2n) is 9.28. The molecular weight excluding hydrogens is 498 g/mol. The van der Waals surface area contributed by atoms with Crippen molar-refractivity contribution in [3.8, 4) is 16.9 Å². The normalized spacial score (nSPS) is 16.6. The number of ether oxygens (including phenoxy) is 1. The van der Waals surface area contributed by atoms with Gasteiger partial charge in [-0.2, -0.15) is 13.2 Å². The number of benzene rings is 3. The number of carboxylic acid groups (broad SMARTS) is 1. The third-order valence-corrected chi connectivity index (χ3v) is 6.90. The summed E-state index contributed by atoms with van der Waals surface area (Å²) in [5, 5.41) is 9.57. The summed E-state index contributed by atoms with van der Waals surface area (Å²) in [4.78, 5) is 13.4. The lowest BCUT2D eigenvalue weighted by atomic mass is 9.94. The summed E-state index contributed by atoms with van der Waals surface area (Å²) in [5.41, 5.74) is 1.62.